The number of hydrogen-bond donors (Lipinski definition) is 3. The summed E-state index contributed by atoms with van der Waals surface area (Å²) in [5.74, 6) is 1.77. The van der Waals surface area contributed by atoms with Crippen molar-refractivity contribution in [2.24, 2.45) is 0 Å². The van der Waals surface area contributed by atoms with Gasteiger partial charge in [0.15, 0.2) is 11.5 Å². The zero-order valence-corrected chi connectivity index (χ0v) is 17.4. The fourth-order valence-corrected chi connectivity index (χ4v) is 3.93. The van der Waals surface area contributed by atoms with Gasteiger partial charge in [-0.1, -0.05) is 30.3 Å². The second-order valence-corrected chi connectivity index (χ2v) is 7.77. The molecule has 1 aliphatic heterocycles. The summed E-state index contributed by atoms with van der Waals surface area (Å²) in [5, 5.41) is 9.53. The van der Waals surface area contributed by atoms with Crippen molar-refractivity contribution >= 4 is 28.8 Å². The largest absolute Gasteiger partial charge is 0.508 e. The molecule has 0 saturated carbocycles. The third kappa shape index (κ3) is 3.92. The van der Waals surface area contributed by atoms with Crippen LogP contribution >= 0.6 is 0 Å². The summed E-state index contributed by atoms with van der Waals surface area (Å²) in [5.41, 5.74) is 8.98. The number of nitrogens with two attached hydrogens (primary N) is 1. The number of nitrogens with zero attached hydrogens (tertiary/aromatic N) is 5. The molecule has 5 rings (SSSR count). The minimum absolute atomic E-state index is 0.124. The Morgan fingerprint density at radius 2 is 1.69 bits per heavy atom. The summed E-state index contributed by atoms with van der Waals surface area (Å²) in [6, 6.07) is 16.6. The lowest BCUT2D eigenvalue weighted by Gasteiger charge is -2.35. The van der Waals surface area contributed by atoms with Crippen LogP contribution in [0.25, 0.3) is 22.6 Å². The van der Waals surface area contributed by atoms with Gasteiger partial charge >= 0.3 is 0 Å². The molecule has 4 N–H and O–H groups in total. The number of imidazole rings is 1. The predicted molar refractivity (Wildman–Crippen MR) is 122 cm³/mol. The molecule has 0 unspecified atom stereocenters. The Morgan fingerprint density at radius 1 is 0.969 bits per heavy atom. The lowest BCUT2D eigenvalue weighted by Crippen LogP contribution is -2.49. The van der Waals surface area contributed by atoms with E-state index in [-0.39, 0.29) is 17.6 Å². The number of aromatic hydroxyl groups is 1. The summed E-state index contributed by atoms with van der Waals surface area (Å²) < 4.78 is 0. The van der Waals surface area contributed by atoms with E-state index in [1.807, 2.05) is 35.2 Å². The summed E-state index contributed by atoms with van der Waals surface area (Å²) in [7, 11) is 0. The molecule has 9 heteroatoms. The van der Waals surface area contributed by atoms with Crippen LogP contribution in [0.4, 0.5) is 11.8 Å². The first-order chi connectivity index (χ1) is 15.6. The quantitative estimate of drug-likeness (QED) is 0.454. The minimum atomic E-state index is 0.124. The van der Waals surface area contributed by atoms with Gasteiger partial charge in [-0.15, -0.1) is 0 Å². The summed E-state index contributed by atoms with van der Waals surface area (Å²) >= 11 is 0. The Hall–Kier alpha value is -4.14. The first-order valence-electron chi connectivity index (χ1n) is 10.5. The molecule has 1 saturated heterocycles. The smallest absolute Gasteiger partial charge is 0.227 e. The molecular weight excluding hydrogens is 406 g/mol. The normalized spacial score (nSPS) is 14.1. The predicted octanol–water partition coefficient (Wildman–Crippen LogP) is 2.20. The molecule has 0 radical (unpaired) electrons. The molecule has 1 amide bonds. The molecule has 32 heavy (non-hydrogen) atoms. The van der Waals surface area contributed by atoms with Gasteiger partial charge in [0.2, 0.25) is 11.9 Å². The molecule has 162 valence electrons. The van der Waals surface area contributed by atoms with Gasteiger partial charge in [-0.25, -0.2) is 4.98 Å². The third-order valence-corrected chi connectivity index (χ3v) is 5.62. The molecule has 1 aliphatic rings. The molecule has 1 fully saturated rings. The van der Waals surface area contributed by atoms with Gasteiger partial charge in [0, 0.05) is 31.7 Å². The number of nitrogens with one attached hydrogen (secondary N) is 1. The fourth-order valence-electron chi connectivity index (χ4n) is 3.93. The number of phenolic OH excluding ortho intramolecular Hbond substituents is 1. The van der Waals surface area contributed by atoms with Crippen LogP contribution in [-0.2, 0) is 11.2 Å². The Bertz CT molecular complexity index is 1250. The number of rotatable bonds is 4. The van der Waals surface area contributed by atoms with E-state index in [2.05, 4.69) is 24.8 Å². The van der Waals surface area contributed by atoms with E-state index in [4.69, 9.17) is 5.73 Å². The van der Waals surface area contributed by atoms with Gasteiger partial charge in [0.05, 0.1) is 6.42 Å². The van der Waals surface area contributed by atoms with Gasteiger partial charge in [0.1, 0.15) is 17.1 Å². The lowest BCUT2D eigenvalue weighted by molar-refractivity contribution is -0.130. The van der Waals surface area contributed by atoms with Crippen molar-refractivity contribution in [2.75, 3.05) is 36.8 Å². The first kappa shape index (κ1) is 19.8. The number of anilines is 2. The van der Waals surface area contributed by atoms with Crippen molar-refractivity contribution in [3.05, 3.63) is 60.2 Å². The lowest BCUT2D eigenvalue weighted by atomic mass is 10.1. The topological polar surface area (TPSA) is 124 Å². The van der Waals surface area contributed by atoms with E-state index in [0.29, 0.717) is 55.4 Å². The van der Waals surface area contributed by atoms with Crippen LogP contribution in [0.3, 0.4) is 0 Å². The van der Waals surface area contributed by atoms with E-state index < -0.39 is 0 Å². The van der Waals surface area contributed by atoms with E-state index >= 15 is 0 Å². The Balaban J connectivity index is 1.35. The number of fused-ring (bicyclic) bond motifs is 1. The van der Waals surface area contributed by atoms with Crippen LogP contribution in [0.2, 0.25) is 0 Å². The number of piperazine rings is 1. The summed E-state index contributed by atoms with van der Waals surface area (Å²) in [4.78, 5) is 33.3. The zero-order chi connectivity index (χ0) is 22.1. The highest BCUT2D eigenvalue weighted by molar-refractivity contribution is 5.87. The van der Waals surface area contributed by atoms with Gasteiger partial charge in [-0.3, -0.25) is 4.79 Å². The highest BCUT2D eigenvalue weighted by atomic mass is 16.3. The molecule has 4 aromatic rings. The molecule has 2 aromatic heterocycles. The molecule has 2 aromatic carbocycles. The maximum Gasteiger partial charge on any atom is 0.227 e. The molecular formula is C23H23N7O2. The Labute approximate surface area is 184 Å². The maximum absolute atomic E-state index is 12.7. The highest BCUT2D eigenvalue weighted by Gasteiger charge is 2.25. The maximum atomic E-state index is 12.7. The summed E-state index contributed by atoms with van der Waals surface area (Å²) in [6.07, 6.45) is 0.405. The standard InChI is InChI=1S/C23H23N7O2/c24-23-27-21-19(25-20(26-21)16-6-8-17(31)9-7-16)22(28-23)30-12-10-29(11-13-30)18(32)14-15-4-2-1-3-5-15/h1-9,31H,10-14H2,(H3,24,25,26,27,28). The number of hydrogen-bond acceptors (Lipinski definition) is 7. The second-order valence-electron chi connectivity index (χ2n) is 7.77. The number of H-pyrrole nitrogens is 1. The van der Waals surface area contributed by atoms with E-state index in [1.165, 1.54) is 0 Å². The molecule has 0 atom stereocenters. The molecule has 0 bridgehead atoms. The average Bonchev–Trinajstić information content (AvgIpc) is 3.23. The third-order valence-electron chi connectivity index (χ3n) is 5.62. The SMILES string of the molecule is Nc1nc(N2CCN(C(=O)Cc3ccccc3)CC2)c2[nH]c(-c3ccc(O)cc3)nc2n1. The van der Waals surface area contributed by atoms with Gasteiger partial charge < -0.3 is 25.6 Å². The van der Waals surface area contributed by atoms with Crippen LogP contribution in [-0.4, -0.2) is 62.0 Å². The van der Waals surface area contributed by atoms with Gasteiger partial charge in [-0.05, 0) is 29.8 Å². The number of aromatic nitrogens is 4. The van der Waals surface area contributed by atoms with Crippen LogP contribution in [0, 0.1) is 0 Å². The van der Waals surface area contributed by atoms with Crippen molar-refractivity contribution in [1.29, 1.82) is 0 Å². The zero-order valence-electron chi connectivity index (χ0n) is 17.4. The van der Waals surface area contributed by atoms with Crippen LogP contribution < -0.4 is 10.6 Å². The van der Waals surface area contributed by atoms with Crippen molar-refractivity contribution in [1.82, 2.24) is 24.8 Å². The number of phenols is 1. The monoisotopic (exact) mass is 429 g/mol. The fraction of sp³-hybridized carbons (Fsp3) is 0.217. The molecule has 3 heterocycles. The van der Waals surface area contributed by atoms with Crippen molar-refractivity contribution in [2.45, 2.75) is 6.42 Å². The molecule has 0 aliphatic carbocycles. The van der Waals surface area contributed by atoms with Crippen molar-refractivity contribution in [3.8, 4) is 17.1 Å². The van der Waals surface area contributed by atoms with E-state index in [9.17, 15) is 9.90 Å². The van der Waals surface area contributed by atoms with Crippen molar-refractivity contribution < 1.29 is 9.90 Å². The number of nitrogen functional groups attached to an aromatic ring is 1. The van der Waals surface area contributed by atoms with E-state index in [1.54, 1.807) is 24.3 Å². The molecule has 0 spiro atoms. The number of carbonyl (C=O) groups is 1. The van der Waals surface area contributed by atoms with Crippen molar-refractivity contribution in [3.63, 3.8) is 0 Å². The number of benzene rings is 2. The van der Waals surface area contributed by atoms with Gasteiger partial charge in [-0.2, -0.15) is 9.97 Å². The Kier molecular flexibility index (Phi) is 5.06. The minimum Gasteiger partial charge on any atom is -0.508 e. The summed E-state index contributed by atoms with van der Waals surface area (Å²) in [6.45, 7) is 2.49. The molecule has 9 nitrogen and oxygen atoms in total. The van der Waals surface area contributed by atoms with Crippen LogP contribution in [0.5, 0.6) is 5.75 Å². The number of amides is 1. The van der Waals surface area contributed by atoms with E-state index in [0.717, 1.165) is 11.1 Å². The van der Waals surface area contributed by atoms with Crippen LogP contribution in [0.15, 0.2) is 54.6 Å². The van der Waals surface area contributed by atoms with Gasteiger partial charge in [0.25, 0.3) is 0 Å². The van der Waals surface area contributed by atoms with Crippen LogP contribution in [0.1, 0.15) is 5.56 Å². The Morgan fingerprint density at radius 3 is 2.41 bits per heavy atom. The second kappa shape index (κ2) is 8.18. The first-order valence-corrected chi connectivity index (χ1v) is 10.5. The number of aromatic amines is 1. The highest BCUT2D eigenvalue weighted by Crippen LogP contribution is 2.28. The number of carbonyl (C=O) groups excluding carboxylic acids is 1. The average molecular weight is 429 g/mol.